The SMILES string of the molecule is CCCN(CC(=O)N(CCc1c[nH]c2ccccc12)Cc1ccc(OC)cc1)C(=O)Nc1ccc(C)cc1. The number of carbonyl (C=O) groups excluding carboxylic acids is 2. The minimum atomic E-state index is -0.273. The number of ether oxygens (including phenoxy) is 1. The molecule has 1 aromatic heterocycles. The average molecular weight is 513 g/mol. The highest BCUT2D eigenvalue weighted by molar-refractivity contribution is 5.92. The van der Waals surface area contributed by atoms with E-state index in [9.17, 15) is 9.59 Å². The number of aromatic nitrogens is 1. The molecule has 0 saturated heterocycles. The molecule has 0 spiro atoms. The summed E-state index contributed by atoms with van der Waals surface area (Å²) in [6, 6.07) is 23.3. The minimum Gasteiger partial charge on any atom is -0.497 e. The van der Waals surface area contributed by atoms with Crippen molar-refractivity contribution in [3.63, 3.8) is 0 Å². The molecule has 3 amide bonds. The summed E-state index contributed by atoms with van der Waals surface area (Å²) in [7, 11) is 1.63. The molecule has 1 heterocycles. The van der Waals surface area contributed by atoms with E-state index in [1.807, 2.05) is 91.7 Å². The summed E-state index contributed by atoms with van der Waals surface area (Å²) in [6.45, 7) is 5.49. The number of fused-ring (bicyclic) bond motifs is 1. The van der Waals surface area contributed by atoms with Gasteiger partial charge in [-0.25, -0.2) is 4.79 Å². The average Bonchev–Trinajstić information content (AvgIpc) is 3.35. The lowest BCUT2D eigenvalue weighted by Crippen LogP contribution is -2.45. The third kappa shape index (κ3) is 6.94. The van der Waals surface area contributed by atoms with E-state index >= 15 is 0 Å². The van der Waals surface area contributed by atoms with E-state index in [2.05, 4.69) is 16.4 Å². The highest BCUT2D eigenvalue weighted by Gasteiger charge is 2.22. The molecule has 198 valence electrons. The van der Waals surface area contributed by atoms with Crippen LogP contribution in [0.15, 0.2) is 79.0 Å². The first-order valence-corrected chi connectivity index (χ1v) is 13.0. The van der Waals surface area contributed by atoms with Gasteiger partial charge < -0.3 is 24.8 Å². The van der Waals surface area contributed by atoms with Gasteiger partial charge >= 0.3 is 6.03 Å². The van der Waals surface area contributed by atoms with E-state index in [4.69, 9.17) is 4.74 Å². The predicted molar refractivity (Wildman–Crippen MR) is 152 cm³/mol. The Kier molecular flexibility index (Phi) is 9.03. The zero-order valence-corrected chi connectivity index (χ0v) is 22.4. The van der Waals surface area contributed by atoms with Crippen molar-refractivity contribution in [2.75, 3.05) is 32.1 Å². The van der Waals surface area contributed by atoms with Crippen molar-refractivity contribution in [2.45, 2.75) is 33.2 Å². The van der Waals surface area contributed by atoms with E-state index in [-0.39, 0.29) is 18.5 Å². The first-order valence-electron chi connectivity index (χ1n) is 13.0. The van der Waals surface area contributed by atoms with E-state index in [0.717, 1.165) is 39.8 Å². The second-order valence-corrected chi connectivity index (χ2v) is 9.49. The molecule has 3 aromatic carbocycles. The Morgan fingerprint density at radius 2 is 1.66 bits per heavy atom. The van der Waals surface area contributed by atoms with Gasteiger partial charge in [-0.05, 0) is 61.2 Å². The third-order valence-electron chi connectivity index (χ3n) is 6.62. The summed E-state index contributed by atoms with van der Waals surface area (Å²) in [6.07, 6.45) is 3.47. The maximum absolute atomic E-state index is 13.7. The Hall–Kier alpha value is -4.26. The summed E-state index contributed by atoms with van der Waals surface area (Å²) in [5, 5.41) is 4.09. The monoisotopic (exact) mass is 512 g/mol. The lowest BCUT2D eigenvalue weighted by atomic mass is 10.1. The molecule has 2 N–H and O–H groups in total. The number of aromatic amines is 1. The number of para-hydroxylation sites is 1. The number of methoxy groups -OCH3 is 1. The van der Waals surface area contributed by atoms with Gasteiger partial charge in [-0.2, -0.15) is 0 Å². The number of hydrogen-bond donors (Lipinski definition) is 2. The molecule has 4 rings (SSSR count). The van der Waals surface area contributed by atoms with Crippen LogP contribution in [0.25, 0.3) is 10.9 Å². The number of urea groups is 1. The van der Waals surface area contributed by atoms with Crippen molar-refractivity contribution in [3.05, 3.63) is 95.7 Å². The lowest BCUT2D eigenvalue weighted by Gasteiger charge is -2.28. The van der Waals surface area contributed by atoms with Crippen molar-refractivity contribution < 1.29 is 14.3 Å². The largest absolute Gasteiger partial charge is 0.497 e. The first-order chi connectivity index (χ1) is 18.5. The molecule has 0 aliphatic carbocycles. The lowest BCUT2D eigenvalue weighted by molar-refractivity contribution is -0.132. The Morgan fingerprint density at radius 3 is 2.37 bits per heavy atom. The Bertz CT molecular complexity index is 1350. The molecular formula is C31H36N4O3. The van der Waals surface area contributed by atoms with Crippen molar-refractivity contribution in [1.29, 1.82) is 0 Å². The fourth-order valence-electron chi connectivity index (χ4n) is 4.46. The Balaban J connectivity index is 1.49. The number of amides is 3. The molecule has 0 atom stereocenters. The molecule has 7 heteroatoms. The fourth-order valence-corrected chi connectivity index (χ4v) is 4.46. The summed E-state index contributed by atoms with van der Waals surface area (Å²) in [5.41, 5.74) is 5.08. The van der Waals surface area contributed by atoms with Crippen LogP contribution in [0.2, 0.25) is 0 Å². The topological polar surface area (TPSA) is 77.7 Å². The highest BCUT2D eigenvalue weighted by atomic mass is 16.5. The molecule has 0 aliphatic rings. The zero-order valence-electron chi connectivity index (χ0n) is 22.4. The van der Waals surface area contributed by atoms with Crippen molar-refractivity contribution in [1.82, 2.24) is 14.8 Å². The smallest absolute Gasteiger partial charge is 0.322 e. The van der Waals surface area contributed by atoms with Crippen LogP contribution in [0, 0.1) is 6.92 Å². The molecule has 4 aromatic rings. The summed E-state index contributed by atoms with van der Waals surface area (Å²) in [4.78, 5) is 33.5. The highest BCUT2D eigenvalue weighted by Crippen LogP contribution is 2.20. The van der Waals surface area contributed by atoms with Crippen LogP contribution in [0.4, 0.5) is 10.5 Å². The molecule has 7 nitrogen and oxygen atoms in total. The number of anilines is 1. The van der Waals surface area contributed by atoms with Gasteiger partial charge in [-0.15, -0.1) is 0 Å². The van der Waals surface area contributed by atoms with E-state index < -0.39 is 0 Å². The number of aryl methyl sites for hydroxylation is 1. The second kappa shape index (κ2) is 12.8. The number of nitrogens with zero attached hydrogens (tertiary/aromatic N) is 2. The standard InChI is InChI=1S/C31H36N4O3/c1-4-18-35(31(37)33-26-13-9-23(2)10-14-26)22-30(36)34(21-24-11-15-27(38-3)16-12-24)19-17-25-20-32-29-8-6-5-7-28(25)29/h5-16,20,32H,4,17-19,21-22H2,1-3H3,(H,33,37). The van der Waals surface area contributed by atoms with Crippen molar-refractivity contribution >= 4 is 28.5 Å². The van der Waals surface area contributed by atoms with Gasteiger partial charge in [0, 0.05) is 42.4 Å². The number of H-pyrrole nitrogens is 1. The quantitative estimate of drug-likeness (QED) is 0.259. The summed E-state index contributed by atoms with van der Waals surface area (Å²) < 4.78 is 5.29. The number of hydrogen-bond acceptors (Lipinski definition) is 3. The van der Waals surface area contributed by atoms with Gasteiger partial charge in [0.1, 0.15) is 12.3 Å². The van der Waals surface area contributed by atoms with Crippen LogP contribution in [-0.2, 0) is 17.8 Å². The maximum Gasteiger partial charge on any atom is 0.322 e. The Morgan fingerprint density at radius 1 is 0.921 bits per heavy atom. The van der Waals surface area contributed by atoms with E-state index in [1.165, 1.54) is 0 Å². The van der Waals surface area contributed by atoms with Crippen LogP contribution < -0.4 is 10.1 Å². The maximum atomic E-state index is 13.7. The van der Waals surface area contributed by atoms with Crippen LogP contribution in [0.3, 0.4) is 0 Å². The molecule has 38 heavy (non-hydrogen) atoms. The third-order valence-corrected chi connectivity index (χ3v) is 6.62. The number of rotatable bonds is 11. The molecular weight excluding hydrogens is 476 g/mol. The van der Waals surface area contributed by atoms with Crippen LogP contribution in [-0.4, -0.2) is 53.5 Å². The number of benzene rings is 3. The van der Waals surface area contributed by atoms with Crippen molar-refractivity contribution in [3.8, 4) is 5.75 Å². The Labute approximate surface area is 224 Å². The molecule has 0 saturated carbocycles. The van der Waals surface area contributed by atoms with Gasteiger partial charge in [-0.1, -0.05) is 55.0 Å². The normalized spacial score (nSPS) is 10.8. The molecule has 0 fully saturated rings. The summed E-state index contributed by atoms with van der Waals surface area (Å²) >= 11 is 0. The van der Waals surface area contributed by atoms with Gasteiger partial charge in [-0.3, -0.25) is 4.79 Å². The minimum absolute atomic E-state index is 0.00950. The fraction of sp³-hybridized carbons (Fsp3) is 0.290. The van der Waals surface area contributed by atoms with Crippen molar-refractivity contribution in [2.24, 2.45) is 0 Å². The first kappa shape index (κ1) is 26.8. The molecule has 0 radical (unpaired) electrons. The number of carbonyl (C=O) groups is 2. The van der Waals surface area contributed by atoms with Gasteiger partial charge in [0.2, 0.25) is 5.91 Å². The van der Waals surface area contributed by atoms with Crippen LogP contribution in [0.5, 0.6) is 5.75 Å². The van der Waals surface area contributed by atoms with E-state index in [1.54, 1.807) is 12.0 Å². The van der Waals surface area contributed by atoms with Gasteiger partial charge in [0.05, 0.1) is 7.11 Å². The van der Waals surface area contributed by atoms with Gasteiger partial charge in [0.15, 0.2) is 0 Å². The van der Waals surface area contributed by atoms with Gasteiger partial charge in [0.25, 0.3) is 0 Å². The molecule has 0 unspecified atom stereocenters. The zero-order chi connectivity index (χ0) is 26.9. The summed E-state index contributed by atoms with van der Waals surface area (Å²) in [5.74, 6) is 0.681. The van der Waals surface area contributed by atoms with Crippen LogP contribution in [0.1, 0.15) is 30.0 Å². The predicted octanol–water partition coefficient (Wildman–Crippen LogP) is 6.00. The number of nitrogens with one attached hydrogen (secondary N) is 2. The molecule has 0 aliphatic heterocycles. The van der Waals surface area contributed by atoms with Crippen LogP contribution >= 0.6 is 0 Å². The second-order valence-electron chi connectivity index (χ2n) is 9.49. The van der Waals surface area contributed by atoms with E-state index in [0.29, 0.717) is 31.7 Å². The molecule has 0 bridgehead atoms.